The fourth-order valence-electron chi connectivity index (χ4n) is 0.971. The molecule has 11 heavy (non-hydrogen) atoms. The summed E-state index contributed by atoms with van der Waals surface area (Å²) in [5.41, 5.74) is 1.65. The van der Waals surface area contributed by atoms with E-state index in [9.17, 15) is 0 Å². The number of aromatic nitrogens is 2. The Bertz CT molecular complexity index is 382. The molecule has 56 valence electrons. The Labute approximate surface area is 63.7 Å². The van der Waals surface area contributed by atoms with E-state index in [2.05, 4.69) is 20.3 Å². The van der Waals surface area contributed by atoms with Gasteiger partial charge in [-0.1, -0.05) is 0 Å². The summed E-state index contributed by atoms with van der Waals surface area (Å²) in [7, 11) is 0. The standard InChI is InChI=1S/C7H8N4/c1-5-2-9-7-6(11-5)3-8-4-10-7/h2-3,8H,4H2,1H3. The second-order valence-electron chi connectivity index (χ2n) is 2.38. The first kappa shape index (κ1) is 6.27. The van der Waals surface area contributed by atoms with Gasteiger partial charge >= 0.3 is 0 Å². The molecule has 0 bridgehead atoms. The Balaban J connectivity index is 2.80. The quantitative estimate of drug-likeness (QED) is 0.497. The molecular formula is C7H8N4. The molecule has 2 rings (SSSR count). The zero-order valence-electron chi connectivity index (χ0n) is 6.20. The molecule has 4 nitrogen and oxygen atoms in total. The van der Waals surface area contributed by atoms with Gasteiger partial charge in [0, 0.05) is 6.20 Å². The number of fused-ring (bicyclic) bond motifs is 1. The molecule has 0 amide bonds. The van der Waals surface area contributed by atoms with Gasteiger partial charge in [0.2, 0.25) is 0 Å². The summed E-state index contributed by atoms with van der Waals surface area (Å²) in [6.07, 6.45) is 3.56. The lowest BCUT2D eigenvalue weighted by molar-refractivity contribution is 0.817. The number of nitrogens with one attached hydrogen (secondary N) is 1. The number of hydrogen-bond donors (Lipinski definition) is 1. The van der Waals surface area contributed by atoms with E-state index in [0.717, 1.165) is 16.5 Å². The van der Waals surface area contributed by atoms with E-state index >= 15 is 0 Å². The van der Waals surface area contributed by atoms with Crippen molar-refractivity contribution in [2.75, 3.05) is 6.67 Å². The molecule has 0 saturated heterocycles. The Morgan fingerprint density at radius 2 is 2.45 bits per heavy atom. The van der Waals surface area contributed by atoms with Gasteiger partial charge in [-0.25, -0.2) is 15.0 Å². The third-order valence-corrected chi connectivity index (χ3v) is 1.46. The molecule has 1 aliphatic heterocycles. The highest BCUT2D eigenvalue weighted by molar-refractivity contribution is 5.16. The van der Waals surface area contributed by atoms with E-state index in [1.807, 2.05) is 13.1 Å². The van der Waals surface area contributed by atoms with Crippen molar-refractivity contribution in [2.24, 2.45) is 4.99 Å². The highest BCUT2D eigenvalue weighted by Crippen LogP contribution is 1.77. The van der Waals surface area contributed by atoms with Crippen LogP contribution in [-0.2, 0) is 0 Å². The largest absolute Gasteiger partial charge is 0.370 e. The van der Waals surface area contributed by atoms with Crippen molar-refractivity contribution in [3.8, 4) is 0 Å². The summed E-state index contributed by atoms with van der Waals surface area (Å²) in [5.74, 6) is 0. The SMILES string of the molecule is Cc1cnc2c(n1)=CNCN=2. The highest BCUT2D eigenvalue weighted by Gasteiger charge is 1.94. The summed E-state index contributed by atoms with van der Waals surface area (Å²) in [4.78, 5) is 12.5. The van der Waals surface area contributed by atoms with Crippen molar-refractivity contribution in [1.29, 1.82) is 0 Å². The topological polar surface area (TPSA) is 50.2 Å². The average molecular weight is 148 g/mol. The molecule has 0 saturated carbocycles. The number of hydrogen-bond acceptors (Lipinski definition) is 4. The second-order valence-corrected chi connectivity index (χ2v) is 2.38. The molecule has 1 aliphatic rings. The van der Waals surface area contributed by atoms with Gasteiger partial charge in [0.1, 0.15) is 12.0 Å². The van der Waals surface area contributed by atoms with Crippen LogP contribution in [0.5, 0.6) is 0 Å². The van der Waals surface area contributed by atoms with E-state index in [0.29, 0.717) is 6.67 Å². The maximum absolute atomic E-state index is 4.24. The van der Waals surface area contributed by atoms with Crippen LogP contribution in [0.4, 0.5) is 0 Å². The van der Waals surface area contributed by atoms with Crippen LogP contribution in [0.25, 0.3) is 6.20 Å². The summed E-state index contributed by atoms with van der Waals surface area (Å²) in [6.45, 7) is 2.51. The normalized spacial score (nSPS) is 13.9. The van der Waals surface area contributed by atoms with Crippen LogP contribution < -0.4 is 16.2 Å². The molecule has 2 heterocycles. The number of aryl methyl sites for hydroxylation is 1. The molecule has 1 aromatic rings. The fourth-order valence-corrected chi connectivity index (χ4v) is 0.971. The van der Waals surface area contributed by atoms with Gasteiger partial charge in [-0.15, -0.1) is 0 Å². The van der Waals surface area contributed by atoms with Crippen molar-refractivity contribution in [1.82, 2.24) is 15.3 Å². The minimum atomic E-state index is 0.602. The van der Waals surface area contributed by atoms with E-state index in [-0.39, 0.29) is 0 Å². The third-order valence-electron chi connectivity index (χ3n) is 1.46. The van der Waals surface area contributed by atoms with E-state index in [4.69, 9.17) is 0 Å². The van der Waals surface area contributed by atoms with Crippen molar-refractivity contribution < 1.29 is 0 Å². The minimum Gasteiger partial charge on any atom is -0.370 e. The van der Waals surface area contributed by atoms with E-state index < -0.39 is 0 Å². The van der Waals surface area contributed by atoms with Gasteiger partial charge in [-0.3, -0.25) is 0 Å². The number of rotatable bonds is 0. The molecule has 0 spiro atoms. The summed E-state index contributed by atoms with van der Waals surface area (Å²) < 4.78 is 0. The monoisotopic (exact) mass is 148 g/mol. The van der Waals surface area contributed by atoms with Crippen LogP contribution in [-0.4, -0.2) is 16.6 Å². The van der Waals surface area contributed by atoms with Crippen LogP contribution >= 0.6 is 0 Å². The van der Waals surface area contributed by atoms with Crippen LogP contribution in [0.3, 0.4) is 0 Å². The van der Waals surface area contributed by atoms with E-state index in [1.54, 1.807) is 6.20 Å². The predicted molar refractivity (Wildman–Crippen MR) is 40.0 cm³/mol. The molecule has 0 unspecified atom stereocenters. The Morgan fingerprint density at radius 3 is 3.36 bits per heavy atom. The molecule has 0 radical (unpaired) electrons. The van der Waals surface area contributed by atoms with Crippen LogP contribution in [0.2, 0.25) is 0 Å². The lowest BCUT2D eigenvalue weighted by atomic mass is 10.5. The Morgan fingerprint density at radius 1 is 1.55 bits per heavy atom. The second kappa shape index (κ2) is 2.30. The predicted octanol–water partition coefficient (Wildman–Crippen LogP) is -1.30. The van der Waals surface area contributed by atoms with Crippen LogP contribution in [0, 0.1) is 6.92 Å². The van der Waals surface area contributed by atoms with Gasteiger partial charge in [-0.2, -0.15) is 0 Å². The maximum atomic E-state index is 4.24. The smallest absolute Gasteiger partial charge is 0.176 e. The van der Waals surface area contributed by atoms with Gasteiger partial charge in [0.05, 0.1) is 11.9 Å². The van der Waals surface area contributed by atoms with Crippen molar-refractivity contribution >= 4 is 6.20 Å². The number of nitrogens with zero attached hydrogens (tertiary/aromatic N) is 3. The zero-order chi connectivity index (χ0) is 7.68. The first-order valence-electron chi connectivity index (χ1n) is 3.44. The summed E-state index contributed by atoms with van der Waals surface area (Å²) >= 11 is 0. The average Bonchev–Trinajstić information content (AvgIpc) is 2.04. The zero-order valence-corrected chi connectivity index (χ0v) is 6.20. The van der Waals surface area contributed by atoms with Gasteiger partial charge < -0.3 is 5.32 Å². The molecular weight excluding hydrogens is 140 g/mol. The Kier molecular flexibility index (Phi) is 1.31. The maximum Gasteiger partial charge on any atom is 0.176 e. The first-order valence-corrected chi connectivity index (χ1v) is 3.44. The third kappa shape index (κ3) is 1.07. The Hall–Kier alpha value is -1.45. The summed E-state index contributed by atoms with van der Waals surface area (Å²) in [5, 5.41) is 3.80. The van der Waals surface area contributed by atoms with Crippen LogP contribution in [0.1, 0.15) is 5.69 Å². The molecule has 1 aromatic heterocycles. The minimum absolute atomic E-state index is 0.602. The van der Waals surface area contributed by atoms with Crippen molar-refractivity contribution in [2.45, 2.75) is 6.92 Å². The first-order chi connectivity index (χ1) is 5.36. The van der Waals surface area contributed by atoms with E-state index in [1.165, 1.54) is 0 Å². The molecule has 0 atom stereocenters. The van der Waals surface area contributed by atoms with Crippen molar-refractivity contribution in [3.05, 3.63) is 22.7 Å². The molecule has 0 aliphatic carbocycles. The lowest BCUT2D eigenvalue weighted by Crippen LogP contribution is -2.38. The molecule has 0 aromatic carbocycles. The van der Waals surface area contributed by atoms with Gasteiger partial charge in [-0.05, 0) is 6.92 Å². The highest BCUT2D eigenvalue weighted by atomic mass is 15.0. The molecule has 4 heteroatoms. The lowest BCUT2D eigenvalue weighted by Gasteiger charge is -2.00. The van der Waals surface area contributed by atoms with Gasteiger partial charge in [0.15, 0.2) is 5.49 Å². The molecule has 1 N–H and O–H groups in total. The van der Waals surface area contributed by atoms with Crippen LogP contribution in [0.15, 0.2) is 11.2 Å². The fraction of sp³-hybridized carbons (Fsp3) is 0.286. The van der Waals surface area contributed by atoms with Crippen molar-refractivity contribution in [3.63, 3.8) is 0 Å². The summed E-state index contributed by atoms with van der Waals surface area (Å²) in [6, 6.07) is 0. The molecule has 0 fully saturated rings. The van der Waals surface area contributed by atoms with Gasteiger partial charge in [0.25, 0.3) is 0 Å².